The van der Waals surface area contributed by atoms with E-state index < -0.39 is 0 Å². The normalized spacial score (nSPS) is 11.2. The number of benzene rings is 3. The molecule has 0 aliphatic carbocycles. The van der Waals surface area contributed by atoms with Gasteiger partial charge in [0.1, 0.15) is 5.00 Å². The van der Waals surface area contributed by atoms with Crippen LogP contribution in [0.5, 0.6) is 0 Å². The molecule has 4 rings (SSSR count). The first-order valence-corrected chi connectivity index (χ1v) is 11.9. The van der Waals surface area contributed by atoms with E-state index >= 15 is 0 Å². The SMILES string of the molecule is Cc1cc2sc(NC(=O)Nc3c(C)cccc3C(C)C)c(-c3ccccc3Cl)c2cc1C. The van der Waals surface area contributed by atoms with E-state index in [0.717, 1.165) is 43.0 Å². The highest BCUT2D eigenvalue weighted by Crippen LogP contribution is 2.45. The number of halogens is 1. The minimum atomic E-state index is -0.255. The first-order chi connectivity index (χ1) is 15.3. The predicted molar refractivity (Wildman–Crippen MR) is 140 cm³/mol. The van der Waals surface area contributed by atoms with E-state index in [0.29, 0.717) is 10.9 Å². The summed E-state index contributed by atoms with van der Waals surface area (Å²) in [6.45, 7) is 10.5. The monoisotopic (exact) mass is 462 g/mol. The summed E-state index contributed by atoms with van der Waals surface area (Å²) in [4.78, 5) is 13.1. The molecule has 3 aromatic carbocycles. The molecule has 1 heterocycles. The number of aryl methyl sites for hydroxylation is 3. The molecule has 0 saturated carbocycles. The third-order valence-electron chi connectivity index (χ3n) is 5.84. The largest absolute Gasteiger partial charge is 0.324 e. The Morgan fingerprint density at radius 3 is 2.34 bits per heavy atom. The lowest BCUT2D eigenvalue weighted by atomic mass is 9.98. The van der Waals surface area contributed by atoms with Crippen LogP contribution in [0.1, 0.15) is 42.0 Å². The van der Waals surface area contributed by atoms with E-state index in [4.69, 9.17) is 11.6 Å². The molecule has 0 fully saturated rings. The van der Waals surface area contributed by atoms with E-state index in [1.54, 1.807) is 11.3 Å². The fourth-order valence-electron chi connectivity index (χ4n) is 3.96. The summed E-state index contributed by atoms with van der Waals surface area (Å²) in [6, 6.07) is 18.0. The third kappa shape index (κ3) is 4.25. The van der Waals surface area contributed by atoms with Gasteiger partial charge in [0, 0.05) is 31.9 Å². The molecule has 4 aromatic rings. The van der Waals surface area contributed by atoms with Crippen LogP contribution >= 0.6 is 22.9 Å². The van der Waals surface area contributed by atoms with Crippen molar-refractivity contribution in [3.05, 3.63) is 81.9 Å². The molecular weight excluding hydrogens is 436 g/mol. The number of anilines is 2. The second kappa shape index (κ2) is 8.97. The molecule has 32 heavy (non-hydrogen) atoms. The number of rotatable bonds is 4. The average Bonchev–Trinajstić information content (AvgIpc) is 3.06. The summed E-state index contributed by atoms with van der Waals surface area (Å²) in [5, 5.41) is 8.76. The van der Waals surface area contributed by atoms with Gasteiger partial charge in [0.15, 0.2) is 0 Å². The van der Waals surface area contributed by atoms with Gasteiger partial charge < -0.3 is 5.32 Å². The van der Waals surface area contributed by atoms with Crippen molar-refractivity contribution >= 4 is 49.7 Å². The van der Waals surface area contributed by atoms with Gasteiger partial charge in [-0.3, -0.25) is 5.32 Å². The average molecular weight is 463 g/mol. The number of hydrogen-bond donors (Lipinski definition) is 2. The minimum Gasteiger partial charge on any atom is -0.307 e. The molecule has 5 heteroatoms. The zero-order valence-electron chi connectivity index (χ0n) is 19.0. The zero-order chi connectivity index (χ0) is 23.0. The maximum absolute atomic E-state index is 13.1. The summed E-state index contributed by atoms with van der Waals surface area (Å²) >= 11 is 8.15. The van der Waals surface area contributed by atoms with Crippen molar-refractivity contribution in [2.45, 2.75) is 40.5 Å². The van der Waals surface area contributed by atoms with Crippen LogP contribution in [0.25, 0.3) is 21.2 Å². The molecule has 0 radical (unpaired) electrons. The molecule has 164 valence electrons. The van der Waals surface area contributed by atoms with Crippen molar-refractivity contribution < 1.29 is 4.79 Å². The lowest BCUT2D eigenvalue weighted by Crippen LogP contribution is -2.21. The van der Waals surface area contributed by atoms with Gasteiger partial charge in [-0.05, 0) is 67.1 Å². The van der Waals surface area contributed by atoms with Crippen molar-refractivity contribution in [3.63, 3.8) is 0 Å². The number of hydrogen-bond acceptors (Lipinski definition) is 2. The Morgan fingerprint density at radius 2 is 1.62 bits per heavy atom. The Balaban J connectivity index is 1.78. The number of thiophene rings is 1. The second-order valence-electron chi connectivity index (χ2n) is 8.49. The minimum absolute atomic E-state index is 0.255. The van der Waals surface area contributed by atoms with E-state index in [-0.39, 0.29) is 6.03 Å². The maximum atomic E-state index is 13.1. The zero-order valence-corrected chi connectivity index (χ0v) is 20.5. The Hall–Kier alpha value is -2.82. The summed E-state index contributed by atoms with van der Waals surface area (Å²) in [5.74, 6) is 0.305. The number of nitrogens with one attached hydrogen (secondary N) is 2. The van der Waals surface area contributed by atoms with Crippen molar-refractivity contribution in [2.75, 3.05) is 10.6 Å². The maximum Gasteiger partial charge on any atom is 0.324 e. The molecule has 0 spiro atoms. The molecule has 0 bridgehead atoms. The van der Waals surface area contributed by atoms with E-state index in [1.807, 2.05) is 43.3 Å². The van der Waals surface area contributed by atoms with Crippen LogP contribution in [0.4, 0.5) is 15.5 Å². The van der Waals surface area contributed by atoms with Crippen molar-refractivity contribution in [2.24, 2.45) is 0 Å². The first kappa shape index (κ1) is 22.4. The first-order valence-electron chi connectivity index (χ1n) is 10.7. The molecule has 0 unspecified atom stereocenters. The predicted octanol–water partition coefficient (Wildman–Crippen LogP) is 8.91. The van der Waals surface area contributed by atoms with Crippen LogP contribution in [0, 0.1) is 20.8 Å². The van der Waals surface area contributed by atoms with Gasteiger partial charge in [0.25, 0.3) is 0 Å². The number of carbonyl (C=O) groups excluding carboxylic acids is 1. The summed E-state index contributed by atoms with van der Waals surface area (Å²) in [5.41, 5.74) is 7.34. The smallest absolute Gasteiger partial charge is 0.307 e. The molecule has 2 amide bonds. The van der Waals surface area contributed by atoms with Gasteiger partial charge in [0.2, 0.25) is 0 Å². The molecule has 0 saturated heterocycles. The van der Waals surface area contributed by atoms with Crippen LogP contribution in [-0.2, 0) is 0 Å². The van der Waals surface area contributed by atoms with Crippen molar-refractivity contribution in [3.8, 4) is 11.1 Å². The van der Waals surface area contributed by atoms with E-state index in [9.17, 15) is 4.79 Å². The fourth-order valence-corrected chi connectivity index (χ4v) is 5.38. The van der Waals surface area contributed by atoms with Crippen LogP contribution in [0.15, 0.2) is 54.6 Å². The fraction of sp³-hybridized carbons (Fsp3) is 0.222. The van der Waals surface area contributed by atoms with Gasteiger partial charge in [-0.2, -0.15) is 0 Å². The number of urea groups is 1. The number of amides is 2. The number of carbonyl (C=O) groups is 1. The van der Waals surface area contributed by atoms with E-state index in [2.05, 4.69) is 56.5 Å². The van der Waals surface area contributed by atoms with Gasteiger partial charge in [0.05, 0.1) is 0 Å². The van der Waals surface area contributed by atoms with Crippen molar-refractivity contribution in [1.82, 2.24) is 0 Å². The van der Waals surface area contributed by atoms with Crippen LogP contribution in [0.3, 0.4) is 0 Å². The van der Waals surface area contributed by atoms with Gasteiger partial charge in [-0.25, -0.2) is 4.79 Å². The highest BCUT2D eigenvalue weighted by atomic mass is 35.5. The number of fused-ring (bicyclic) bond motifs is 1. The molecular formula is C27H27ClN2OS. The highest BCUT2D eigenvalue weighted by Gasteiger charge is 2.20. The van der Waals surface area contributed by atoms with Crippen molar-refractivity contribution in [1.29, 1.82) is 0 Å². The highest BCUT2D eigenvalue weighted by molar-refractivity contribution is 7.23. The summed E-state index contributed by atoms with van der Waals surface area (Å²) < 4.78 is 1.12. The Bertz CT molecular complexity index is 1320. The Kier molecular flexibility index (Phi) is 6.27. The molecule has 1 aromatic heterocycles. The Labute approximate surface area is 198 Å². The number of para-hydroxylation sites is 1. The van der Waals surface area contributed by atoms with Crippen LogP contribution in [-0.4, -0.2) is 6.03 Å². The summed E-state index contributed by atoms with van der Waals surface area (Å²) in [6.07, 6.45) is 0. The topological polar surface area (TPSA) is 41.1 Å². The van der Waals surface area contributed by atoms with Crippen LogP contribution < -0.4 is 10.6 Å². The standard InChI is InChI=1S/C27H27ClN2OS/c1-15(2)19-11-8-9-16(3)25(19)29-27(31)30-26-24(20-10-6-7-12-22(20)28)21-13-17(4)18(5)14-23(21)32-26/h6-15H,1-5H3,(H2,29,30,31). The lowest BCUT2D eigenvalue weighted by molar-refractivity contribution is 0.262. The molecule has 0 atom stereocenters. The third-order valence-corrected chi connectivity index (χ3v) is 7.24. The van der Waals surface area contributed by atoms with Crippen LogP contribution in [0.2, 0.25) is 5.02 Å². The summed E-state index contributed by atoms with van der Waals surface area (Å²) in [7, 11) is 0. The van der Waals surface area contributed by atoms with Gasteiger partial charge in [-0.1, -0.05) is 61.8 Å². The van der Waals surface area contributed by atoms with Gasteiger partial charge in [-0.15, -0.1) is 11.3 Å². The lowest BCUT2D eigenvalue weighted by Gasteiger charge is -2.17. The quantitative estimate of drug-likeness (QED) is 0.312. The molecule has 2 N–H and O–H groups in total. The molecule has 3 nitrogen and oxygen atoms in total. The van der Waals surface area contributed by atoms with E-state index in [1.165, 1.54) is 11.1 Å². The van der Waals surface area contributed by atoms with Gasteiger partial charge >= 0.3 is 6.03 Å². The second-order valence-corrected chi connectivity index (χ2v) is 9.95. The Morgan fingerprint density at radius 1 is 0.906 bits per heavy atom. The molecule has 0 aliphatic rings. The molecule has 0 aliphatic heterocycles.